The van der Waals surface area contributed by atoms with Crippen LogP contribution in [0.5, 0.6) is 0 Å². The van der Waals surface area contributed by atoms with Crippen molar-refractivity contribution in [3.63, 3.8) is 0 Å². The van der Waals surface area contributed by atoms with Crippen LogP contribution in [0.15, 0.2) is 54.9 Å². The van der Waals surface area contributed by atoms with Gasteiger partial charge in [-0.2, -0.15) is 13.2 Å². The van der Waals surface area contributed by atoms with E-state index in [1.807, 2.05) is 30.3 Å². The number of aromatic nitrogens is 2. The van der Waals surface area contributed by atoms with Gasteiger partial charge in [0.2, 0.25) is 0 Å². The number of hydrogen-bond acceptors (Lipinski definition) is 3. The Bertz CT molecular complexity index is 762. The summed E-state index contributed by atoms with van der Waals surface area (Å²) in [6.45, 7) is 0. The zero-order chi connectivity index (χ0) is 14.9. The summed E-state index contributed by atoms with van der Waals surface area (Å²) in [6, 6.07) is 11.7. The van der Waals surface area contributed by atoms with Crippen LogP contribution in [0.1, 0.15) is 5.69 Å². The highest BCUT2D eigenvalue weighted by Gasteiger charge is 2.32. The van der Waals surface area contributed by atoms with Crippen molar-refractivity contribution in [2.45, 2.75) is 6.18 Å². The van der Waals surface area contributed by atoms with Gasteiger partial charge in [0.15, 0.2) is 0 Å². The summed E-state index contributed by atoms with van der Waals surface area (Å²) in [5.74, 6) is 0.578. The van der Waals surface area contributed by atoms with Crippen molar-refractivity contribution in [2.24, 2.45) is 0 Å². The Kier molecular flexibility index (Phi) is 3.21. The van der Waals surface area contributed by atoms with E-state index in [0.29, 0.717) is 11.5 Å². The normalized spacial score (nSPS) is 11.6. The summed E-state index contributed by atoms with van der Waals surface area (Å²) in [5, 5.41) is 4.87. The number of alkyl halides is 3. The maximum Gasteiger partial charge on any atom is 0.433 e. The second-order valence-electron chi connectivity index (χ2n) is 4.44. The summed E-state index contributed by atoms with van der Waals surface area (Å²) in [4.78, 5) is 7.62. The molecule has 0 radical (unpaired) electrons. The van der Waals surface area contributed by atoms with Crippen molar-refractivity contribution >= 4 is 22.3 Å². The monoisotopic (exact) mass is 289 g/mol. The standard InChI is InChI=1S/C15H10F3N3/c16-15(17,18)13-6-5-11(9-20-13)21-14-12-4-2-1-3-10(12)7-8-19-14/h1-9H,(H,19,21). The molecule has 3 nitrogen and oxygen atoms in total. The van der Waals surface area contributed by atoms with Crippen molar-refractivity contribution in [2.75, 3.05) is 5.32 Å². The minimum absolute atomic E-state index is 0.451. The molecule has 106 valence electrons. The summed E-state index contributed by atoms with van der Waals surface area (Å²) >= 11 is 0. The number of halogens is 3. The van der Waals surface area contributed by atoms with Crippen LogP contribution in [-0.2, 0) is 6.18 Å². The first-order valence-electron chi connectivity index (χ1n) is 6.18. The third-order valence-electron chi connectivity index (χ3n) is 2.99. The van der Waals surface area contributed by atoms with Crippen LogP contribution in [0, 0.1) is 0 Å². The second kappa shape index (κ2) is 5.05. The minimum Gasteiger partial charge on any atom is -0.338 e. The van der Waals surface area contributed by atoms with Crippen LogP contribution in [0.25, 0.3) is 10.8 Å². The maximum absolute atomic E-state index is 12.5. The number of hydrogen-bond donors (Lipinski definition) is 1. The first kappa shape index (κ1) is 13.4. The van der Waals surface area contributed by atoms with E-state index in [4.69, 9.17) is 0 Å². The fourth-order valence-electron chi connectivity index (χ4n) is 1.99. The number of pyridine rings is 2. The van der Waals surface area contributed by atoms with E-state index in [1.165, 1.54) is 6.07 Å². The predicted molar refractivity (Wildman–Crippen MR) is 74.3 cm³/mol. The van der Waals surface area contributed by atoms with Gasteiger partial charge >= 0.3 is 6.18 Å². The van der Waals surface area contributed by atoms with Gasteiger partial charge in [-0.1, -0.05) is 24.3 Å². The van der Waals surface area contributed by atoms with E-state index in [-0.39, 0.29) is 0 Å². The Balaban J connectivity index is 1.92. The minimum atomic E-state index is -4.43. The third kappa shape index (κ3) is 2.79. The number of nitrogens with zero attached hydrogens (tertiary/aromatic N) is 2. The largest absolute Gasteiger partial charge is 0.433 e. The van der Waals surface area contributed by atoms with E-state index in [9.17, 15) is 13.2 Å². The first-order valence-corrected chi connectivity index (χ1v) is 6.18. The Labute approximate surface area is 118 Å². The van der Waals surface area contributed by atoms with Crippen molar-refractivity contribution in [3.05, 3.63) is 60.6 Å². The highest BCUT2D eigenvalue weighted by Crippen LogP contribution is 2.29. The van der Waals surface area contributed by atoms with Crippen LogP contribution in [0.3, 0.4) is 0 Å². The zero-order valence-corrected chi connectivity index (χ0v) is 10.7. The van der Waals surface area contributed by atoms with Gasteiger partial charge in [-0.05, 0) is 23.6 Å². The smallest absolute Gasteiger partial charge is 0.338 e. The molecule has 0 atom stereocenters. The van der Waals surface area contributed by atoms with Gasteiger partial charge in [-0.15, -0.1) is 0 Å². The topological polar surface area (TPSA) is 37.8 Å². The number of nitrogens with one attached hydrogen (secondary N) is 1. The molecule has 0 amide bonds. The summed E-state index contributed by atoms with van der Waals surface area (Å²) in [7, 11) is 0. The van der Waals surface area contributed by atoms with E-state index in [1.54, 1.807) is 6.20 Å². The van der Waals surface area contributed by atoms with E-state index in [2.05, 4.69) is 15.3 Å². The highest BCUT2D eigenvalue weighted by molar-refractivity contribution is 5.93. The van der Waals surface area contributed by atoms with Crippen molar-refractivity contribution in [1.82, 2.24) is 9.97 Å². The van der Waals surface area contributed by atoms with Crippen LogP contribution >= 0.6 is 0 Å². The molecule has 21 heavy (non-hydrogen) atoms. The molecule has 0 unspecified atom stereocenters. The van der Waals surface area contributed by atoms with Crippen molar-refractivity contribution < 1.29 is 13.2 Å². The molecule has 0 aliphatic rings. The highest BCUT2D eigenvalue weighted by atomic mass is 19.4. The molecule has 0 spiro atoms. The lowest BCUT2D eigenvalue weighted by Gasteiger charge is -2.10. The molecule has 1 N–H and O–H groups in total. The quantitative estimate of drug-likeness (QED) is 0.760. The maximum atomic E-state index is 12.5. The number of anilines is 2. The molecule has 6 heteroatoms. The number of benzene rings is 1. The molecule has 0 saturated heterocycles. The molecule has 0 aliphatic carbocycles. The van der Waals surface area contributed by atoms with Crippen LogP contribution < -0.4 is 5.32 Å². The average molecular weight is 289 g/mol. The molecule has 0 saturated carbocycles. The van der Waals surface area contributed by atoms with E-state index >= 15 is 0 Å². The van der Waals surface area contributed by atoms with Crippen molar-refractivity contribution in [3.8, 4) is 0 Å². The van der Waals surface area contributed by atoms with Crippen LogP contribution in [-0.4, -0.2) is 9.97 Å². The Morgan fingerprint density at radius 2 is 1.71 bits per heavy atom. The molecule has 0 aliphatic heterocycles. The van der Waals surface area contributed by atoms with Gasteiger partial charge in [-0.25, -0.2) is 9.97 Å². The van der Waals surface area contributed by atoms with Gasteiger partial charge < -0.3 is 5.32 Å². The fourth-order valence-corrected chi connectivity index (χ4v) is 1.99. The molecule has 2 aromatic heterocycles. The Morgan fingerprint density at radius 3 is 2.43 bits per heavy atom. The Morgan fingerprint density at radius 1 is 0.905 bits per heavy atom. The molecular formula is C15H10F3N3. The van der Waals surface area contributed by atoms with Gasteiger partial charge in [0, 0.05) is 11.6 Å². The van der Waals surface area contributed by atoms with Gasteiger partial charge in [0.05, 0.1) is 11.9 Å². The lowest BCUT2D eigenvalue weighted by molar-refractivity contribution is -0.141. The van der Waals surface area contributed by atoms with Gasteiger partial charge in [0.25, 0.3) is 0 Å². The number of rotatable bonds is 2. The molecular weight excluding hydrogens is 279 g/mol. The summed E-state index contributed by atoms with van der Waals surface area (Å²) in [6.07, 6.45) is -1.65. The zero-order valence-electron chi connectivity index (χ0n) is 10.7. The van der Waals surface area contributed by atoms with E-state index in [0.717, 1.165) is 23.0 Å². The summed E-state index contributed by atoms with van der Waals surface area (Å²) in [5.41, 5.74) is -0.467. The molecule has 3 rings (SSSR count). The summed E-state index contributed by atoms with van der Waals surface area (Å²) < 4.78 is 37.4. The second-order valence-corrected chi connectivity index (χ2v) is 4.44. The lowest BCUT2D eigenvalue weighted by Crippen LogP contribution is -2.07. The Hall–Kier alpha value is -2.63. The molecule has 1 aromatic carbocycles. The molecule has 2 heterocycles. The molecule has 0 fully saturated rings. The van der Waals surface area contributed by atoms with Crippen molar-refractivity contribution in [1.29, 1.82) is 0 Å². The average Bonchev–Trinajstić information content (AvgIpc) is 2.47. The van der Waals surface area contributed by atoms with Crippen LogP contribution in [0.4, 0.5) is 24.7 Å². The molecule has 3 aromatic rings. The van der Waals surface area contributed by atoms with E-state index < -0.39 is 11.9 Å². The van der Waals surface area contributed by atoms with Crippen LogP contribution in [0.2, 0.25) is 0 Å². The SMILES string of the molecule is FC(F)(F)c1ccc(Nc2nccc3ccccc23)cn1. The van der Waals surface area contributed by atoms with Gasteiger partial charge in [0.1, 0.15) is 11.5 Å². The first-order chi connectivity index (χ1) is 10.0. The van der Waals surface area contributed by atoms with Gasteiger partial charge in [-0.3, -0.25) is 0 Å². The predicted octanol–water partition coefficient (Wildman–Crippen LogP) is 4.39. The number of fused-ring (bicyclic) bond motifs is 1. The third-order valence-corrected chi connectivity index (χ3v) is 2.99. The molecule has 0 bridgehead atoms. The fraction of sp³-hybridized carbons (Fsp3) is 0.0667. The lowest BCUT2D eigenvalue weighted by atomic mass is 10.1.